The number of carbonyl (C=O) groups excluding carboxylic acids is 1. The molecule has 22 heavy (non-hydrogen) atoms. The van der Waals surface area contributed by atoms with Crippen LogP contribution in [0.4, 0.5) is 0 Å². The standard InChI is InChI=1S/C16H26N4O2/c1-2-10-22-12-4-3-8-20(9-6-12)16(21)15-13-11-17-7-5-14(13)18-19-15/h12,17H,2-11H2,1H3,(H,18,19). The number of amides is 1. The number of hydrogen-bond acceptors (Lipinski definition) is 4. The maximum atomic E-state index is 12.8. The van der Waals surface area contributed by atoms with Crippen molar-refractivity contribution < 1.29 is 9.53 Å². The third kappa shape index (κ3) is 3.33. The Morgan fingerprint density at radius 3 is 3.18 bits per heavy atom. The van der Waals surface area contributed by atoms with Crippen LogP contribution in [0.5, 0.6) is 0 Å². The molecule has 0 spiro atoms. The van der Waals surface area contributed by atoms with Crippen LogP contribution >= 0.6 is 0 Å². The van der Waals surface area contributed by atoms with Crippen molar-refractivity contribution in [2.24, 2.45) is 0 Å². The molecule has 1 atom stereocenters. The van der Waals surface area contributed by atoms with E-state index in [0.717, 1.165) is 76.1 Å². The first-order valence-electron chi connectivity index (χ1n) is 8.47. The Bertz CT molecular complexity index is 514. The van der Waals surface area contributed by atoms with Gasteiger partial charge in [-0.3, -0.25) is 9.89 Å². The molecule has 2 N–H and O–H groups in total. The highest BCUT2D eigenvalue weighted by Crippen LogP contribution is 2.20. The minimum atomic E-state index is 0.0670. The number of aromatic amines is 1. The molecule has 1 saturated heterocycles. The smallest absolute Gasteiger partial charge is 0.274 e. The second-order valence-electron chi connectivity index (χ2n) is 6.17. The molecule has 1 unspecified atom stereocenters. The Morgan fingerprint density at radius 2 is 2.32 bits per heavy atom. The first kappa shape index (κ1) is 15.5. The number of nitrogens with zero attached hydrogens (tertiary/aromatic N) is 2. The zero-order chi connectivity index (χ0) is 15.4. The van der Waals surface area contributed by atoms with Crippen molar-refractivity contribution in [3.8, 4) is 0 Å². The molecule has 3 rings (SSSR count). The average Bonchev–Trinajstić information content (AvgIpc) is 2.83. The third-order valence-electron chi connectivity index (χ3n) is 4.53. The molecule has 6 heteroatoms. The van der Waals surface area contributed by atoms with Crippen molar-refractivity contribution in [3.05, 3.63) is 17.0 Å². The van der Waals surface area contributed by atoms with Crippen LogP contribution in [0.25, 0.3) is 0 Å². The third-order valence-corrected chi connectivity index (χ3v) is 4.53. The molecule has 1 aromatic heterocycles. The van der Waals surface area contributed by atoms with Gasteiger partial charge in [0, 0.05) is 50.5 Å². The number of H-pyrrole nitrogens is 1. The topological polar surface area (TPSA) is 70.2 Å². The first-order chi connectivity index (χ1) is 10.8. The fourth-order valence-electron chi connectivity index (χ4n) is 3.27. The van der Waals surface area contributed by atoms with Gasteiger partial charge < -0.3 is 15.0 Å². The molecule has 122 valence electrons. The summed E-state index contributed by atoms with van der Waals surface area (Å²) < 4.78 is 5.85. The highest BCUT2D eigenvalue weighted by atomic mass is 16.5. The van der Waals surface area contributed by atoms with Crippen molar-refractivity contribution in [2.45, 2.75) is 51.7 Å². The predicted molar refractivity (Wildman–Crippen MR) is 83.8 cm³/mol. The van der Waals surface area contributed by atoms with E-state index < -0.39 is 0 Å². The van der Waals surface area contributed by atoms with Crippen LogP contribution in [0.1, 0.15) is 54.4 Å². The molecule has 0 saturated carbocycles. The summed E-state index contributed by atoms with van der Waals surface area (Å²) in [4.78, 5) is 14.7. The number of likely N-dealkylation sites (tertiary alicyclic amines) is 1. The van der Waals surface area contributed by atoms with Crippen molar-refractivity contribution in [2.75, 3.05) is 26.2 Å². The summed E-state index contributed by atoms with van der Waals surface area (Å²) in [6, 6.07) is 0. The zero-order valence-corrected chi connectivity index (χ0v) is 13.4. The van der Waals surface area contributed by atoms with Crippen LogP contribution in [0.15, 0.2) is 0 Å². The van der Waals surface area contributed by atoms with Gasteiger partial charge in [0.05, 0.1) is 6.10 Å². The van der Waals surface area contributed by atoms with E-state index in [4.69, 9.17) is 4.74 Å². The zero-order valence-electron chi connectivity index (χ0n) is 13.4. The van der Waals surface area contributed by atoms with E-state index in [2.05, 4.69) is 22.4 Å². The molecule has 1 amide bonds. The lowest BCUT2D eigenvalue weighted by Gasteiger charge is -2.21. The maximum Gasteiger partial charge on any atom is 0.274 e. The van der Waals surface area contributed by atoms with Gasteiger partial charge in [-0.05, 0) is 25.7 Å². The van der Waals surface area contributed by atoms with Gasteiger partial charge in [-0.1, -0.05) is 6.92 Å². The number of aromatic nitrogens is 2. The van der Waals surface area contributed by atoms with E-state index in [1.165, 1.54) is 0 Å². The summed E-state index contributed by atoms with van der Waals surface area (Å²) in [5.41, 5.74) is 2.77. The summed E-state index contributed by atoms with van der Waals surface area (Å²) in [7, 11) is 0. The molecule has 3 heterocycles. The van der Waals surface area contributed by atoms with Gasteiger partial charge in [-0.25, -0.2) is 0 Å². The number of ether oxygens (including phenoxy) is 1. The fraction of sp³-hybridized carbons (Fsp3) is 0.750. The molecule has 0 aliphatic carbocycles. The molecule has 2 aliphatic rings. The predicted octanol–water partition coefficient (Wildman–Crippen LogP) is 1.48. The maximum absolute atomic E-state index is 12.8. The van der Waals surface area contributed by atoms with Gasteiger partial charge in [-0.15, -0.1) is 0 Å². The lowest BCUT2D eigenvalue weighted by atomic mass is 10.1. The molecule has 1 fully saturated rings. The largest absolute Gasteiger partial charge is 0.378 e. The molecule has 0 aromatic carbocycles. The minimum Gasteiger partial charge on any atom is -0.378 e. The minimum absolute atomic E-state index is 0.0670. The molecule has 2 aliphatic heterocycles. The van der Waals surface area contributed by atoms with Crippen LogP contribution in [0.3, 0.4) is 0 Å². The Morgan fingerprint density at radius 1 is 1.41 bits per heavy atom. The van der Waals surface area contributed by atoms with Crippen LogP contribution in [0.2, 0.25) is 0 Å². The fourth-order valence-corrected chi connectivity index (χ4v) is 3.27. The second kappa shape index (κ2) is 7.24. The van der Waals surface area contributed by atoms with Crippen LogP contribution < -0.4 is 5.32 Å². The number of carbonyl (C=O) groups is 1. The number of fused-ring (bicyclic) bond motifs is 1. The normalized spacial score (nSPS) is 22.2. The highest BCUT2D eigenvalue weighted by molar-refractivity contribution is 5.94. The Labute approximate surface area is 131 Å². The van der Waals surface area contributed by atoms with E-state index >= 15 is 0 Å². The van der Waals surface area contributed by atoms with E-state index in [0.29, 0.717) is 11.8 Å². The van der Waals surface area contributed by atoms with E-state index in [1.54, 1.807) is 0 Å². The van der Waals surface area contributed by atoms with Gasteiger partial charge >= 0.3 is 0 Å². The Hall–Kier alpha value is -1.40. The van der Waals surface area contributed by atoms with Crippen molar-refractivity contribution in [1.29, 1.82) is 0 Å². The van der Waals surface area contributed by atoms with Gasteiger partial charge in [0.1, 0.15) is 0 Å². The van der Waals surface area contributed by atoms with Gasteiger partial charge in [0.2, 0.25) is 0 Å². The number of rotatable bonds is 4. The van der Waals surface area contributed by atoms with Gasteiger partial charge in [-0.2, -0.15) is 5.10 Å². The Kier molecular flexibility index (Phi) is 5.10. The summed E-state index contributed by atoms with van der Waals surface area (Å²) in [5, 5.41) is 10.6. The highest BCUT2D eigenvalue weighted by Gasteiger charge is 2.27. The number of hydrogen-bond donors (Lipinski definition) is 2. The molecule has 6 nitrogen and oxygen atoms in total. The summed E-state index contributed by atoms with van der Waals surface area (Å²) in [5.74, 6) is 0.0670. The molecule has 0 bridgehead atoms. The molecule has 1 aromatic rings. The van der Waals surface area contributed by atoms with Crippen LogP contribution in [-0.2, 0) is 17.7 Å². The summed E-state index contributed by atoms with van der Waals surface area (Å²) in [6.07, 6.45) is 5.24. The lowest BCUT2D eigenvalue weighted by Crippen LogP contribution is -2.34. The van der Waals surface area contributed by atoms with E-state index in [-0.39, 0.29) is 5.91 Å². The van der Waals surface area contributed by atoms with E-state index in [1.807, 2.05) is 4.90 Å². The van der Waals surface area contributed by atoms with Crippen molar-refractivity contribution >= 4 is 5.91 Å². The monoisotopic (exact) mass is 306 g/mol. The van der Waals surface area contributed by atoms with Crippen molar-refractivity contribution in [3.63, 3.8) is 0 Å². The van der Waals surface area contributed by atoms with Crippen LogP contribution in [-0.4, -0.2) is 53.3 Å². The molecule has 0 radical (unpaired) electrons. The average molecular weight is 306 g/mol. The molecular weight excluding hydrogens is 280 g/mol. The first-order valence-corrected chi connectivity index (χ1v) is 8.47. The quantitative estimate of drug-likeness (QED) is 0.884. The van der Waals surface area contributed by atoms with Crippen LogP contribution in [0, 0.1) is 0 Å². The number of nitrogens with one attached hydrogen (secondary N) is 2. The van der Waals surface area contributed by atoms with Gasteiger partial charge in [0.25, 0.3) is 5.91 Å². The van der Waals surface area contributed by atoms with E-state index in [9.17, 15) is 4.79 Å². The lowest BCUT2D eigenvalue weighted by molar-refractivity contribution is 0.0432. The summed E-state index contributed by atoms with van der Waals surface area (Å²) in [6.45, 7) is 6.20. The second-order valence-corrected chi connectivity index (χ2v) is 6.17. The summed E-state index contributed by atoms with van der Waals surface area (Å²) >= 11 is 0. The van der Waals surface area contributed by atoms with Crippen molar-refractivity contribution in [1.82, 2.24) is 20.4 Å². The Balaban J connectivity index is 1.64. The van der Waals surface area contributed by atoms with Gasteiger partial charge in [0.15, 0.2) is 5.69 Å². The molecular formula is C16H26N4O2. The SMILES string of the molecule is CCCOC1CCCN(C(=O)c2n[nH]c3c2CNCC3)CC1.